The lowest BCUT2D eigenvalue weighted by molar-refractivity contribution is -0.122. The highest BCUT2D eigenvalue weighted by molar-refractivity contribution is 8.18. The van der Waals surface area contributed by atoms with Gasteiger partial charge in [-0.2, -0.15) is 5.10 Å². The first-order valence-electron chi connectivity index (χ1n) is 10.5. The summed E-state index contributed by atoms with van der Waals surface area (Å²) in [5.74, 6) is 1.47. The fraction of sp³-hybridized carbons (Fsp3) is 0.160. The van der Waals surface area contributed by atoms with E-state index >= 15 is 0 Å². The first-order valence-corrected chi connectivity index (χ1v) is 11.3. The summed E-state index contributed by atoms with van der Waals surface area (Å²) in [6.07, 6.45) is 4.87. The lowest BCUT2D eigenvalue weighted by Crippen LogP contribution is -2.28. The molecule has 174 valence electrons. The van der Waals surface area contributed by atoms with Crippen LogP contribution in [0.2, 0.25) is 0 Å². The summed E-state index contributed by atoms with van der Waals surface area (Å²) < 4.78 is 16.2. The molecule has 1 aromatic heterocycles. The summed E-state index contributed by atoms with van der Waals surface area (Å²) in [4.78, 5) is 15.2. The number of methoxy groups -OCH3 is 1. The minimum absolute atomic E-state index is 0.0433. The number of para-hydroxylation sites is 1. The van der Waals surface area contributed by atoms with Crippen molar-refractivity contribution in [1.82, 2.24) is 4.90 Å². The van der Waals surface area contributed by atoms with E-state index in [0.29, 0.717) is 39.5 Å². The van der Waals surface area contributed by atoms with Crippen molar-refractivity contribution in [2.45, 2.75) is 13.5 Å². The van der Waals surface area contributed by atoms with Crippen molar-refractivity contribution in [2.24, 2.45) is 10.2 Å². The third kappa shape index (κ3) is 5.32. The topological polar surface area (TPSA) is 96.9 Å². The minimum atomic E-state index is -0.223. The smallest absolute Gasteiger partial charge is 0.267 e. The van der Waals surface area contributed by atoms with Crippen molar-refractivity contribution >= 4 is 35.1 Å². The van der Waals surface area contributed by atoms with E-state index < -0.39 is 0 Å². The number of phenolic OH excluding ortho intramolecular Hbond substituents is 1. The second kappa shape index (κ2) is 10.8. The number of amides is 1. The Balaban J connectivity index is 1.64. The largest absolute Gasteiger partial charge is 0.504 e. The van der Waals surface area contributed by atoms with Gasteiger partial charge in [0.25, 0.3) is 5.91 Å². The van der Waals surface area contributed by atoms with E-state index in [1.54, 1.807) is 49.9 Å². The maximum atomic E-state index is 13.2. The standard InChI is InChI=1S/C25H23N3O5S/c1-3-32-22-13-17(10-11-20(22)29)14-23-24(30)28(16-19-8-6-12-33-19)25(34-23)27-26-15-18-7-4-5-9-21(18)31-2/h4-15,29H,3,16H2,1-2H3/b23-14-,26-15-,27-25+. The Labute approximate surface area is 201 Å². The number of ether oxygens (including phenoxy) is 2. The lowest BCUT2D eigenvalue weighted by atomic mass is 10.2. The Bertz CT molecular complexity index is 1250. The molecule has 1 fully saturated rings. The van der Waals surface area contributed by atoms with Gasteiger partial charge in [-0.05, 0) is 66.7 Å². The van der Waals surface area contributed by atoms with E-state index in [-0.39, 0.29) is 18.2 Å². The van der Waals surface area contributed by atoms with E-state index in [2.05, 4.69) is 10.2 Å². The molecular formula is C25H23N3O5S. The van der Waals surface area contributed by atoms with Crippen LogP contribution in [-0.4, -0.2) is 41.0 Å². The Morgan fingerprint density at radius 2 is 2.00 bits per heavy atom. The Hall–Kier alpha value is -3.98. The van der Waals surface area contributed by atoms with Crippen molar-refractivity contribution in [2.75, 3.05) is 13.7 Å². The van der Waals surface area contributed by atoms with Crippen LogP contribution in [0, 0.1) is 0 Å². The van der Waals surface area contributed by atoms with Crippen molar-refractivity contribution < 1.29 is 23.8 Å². The molecule has 34 heavy (non-hydrogen) atoms. The van der Waals surface area contributed by atoms with Gasteiger partial charge in [-0.15, -0.1) is 5.10 Å². The van der Waals surface area contributed by atoms with E-state index in [0.717, 1.165) is 5.56 Å². The number of hydrogen-bond donors (Lipinski definition) is 1. The van der Waals surface area contributed by atoms with Crippen LogP contribution >= 0.6 is 11.8 Å². The summed E-state index contributed by atoms with van der Waals surface area (Å²) in [5, 5.41) is 18.9. The molecule has 3 aromatic rings. The van der Waals surface area contributed by atoms with Gasteiger partial charge in [0.15, 0.2) is 16.7 Å². The van der Waals surface area contributed by atoms with Gasteiger partial charge in [0.1, 0.15) is 11.5 Å². The average Bonchev–Trinajstić information content (AvgIpc) is 3.46. The zero-order valence-corrected chi connectivity index (χ0v) is 19.5. The molecule has 1 amide bonds. The molecule has 1 aliphatic heterocycles. The van der Waals surface area contributed by atoms with Crippen molar-refractivity contribution in [1.29, 1.82) is 0 Å². The van der Waals surface area contributed by atoms with Crippen molar-refractivity contribution in [3.05, 3.63) is 82.7 Å². The molecule has 0 saturated carbocycles. The molecule has 2 aromatic carbocycles. The van der Waals surface area contributed by atoms with Crippen LogP contribution in [0.5, 0.6) is 17.2 Å². The van der Waals surface area contributed by atoms with E-state index in [1.165, 1.54) is 22.7 Å². The number of nitrogens with zero attached hydrogens (tertiary/aromatic N) is 3. The van der Waals surface area contributed by atoms with Gasteiger partial charge in [0, 0.05) is 5.56 Å². The van der Waals surface area contributed by atoms with Gasteiger partial charge in [-0.25, -0.2) is 0 Å². The number of thioether (sulfide) groups is 1. The molecule has 1 N–H and O–H groups in total. The number of amidine groups is 1. The molecular weight excluding hydrogens is 454 g/mol. The molecule has 0 bridgehead atoms. The lowest BCUT2D eigenvalue weighted by Gasteiger charge is -2.12. The van der Waals surface area contributed by atoms with Crippen LogP contribution in [0.3, 0.4) is 0 Å². The molecule has 9 heteroatoms. The van der Waals surface area contributed by atoms with Gasteiger partial charge in [0.2, 0.25) is 0 Å². The molecule has 1 saturated heterocycles. The maximum absolute atomic E-state index is 13.2. The predicted molar refractivity (Wildman–Crippen MR) is 132 cm³/mol. The number of carbonyl (C=O) groups is 1. The number of benzene rings is 2. The molecule has 4 rings (SSSR count). The second-order valence-corrected chi connectivity index (χ2v) is 8.12. The van der Waals surface area contributed by atoms with Gasteiger partial charge in [-0.3, -0.25) is 9.69 Å². The number of rotatable bonds is 8. The minimum Gasteiger partial charge on any atom is -0.504 e. The summed E-state index contributed by atoms with van der Waals surface area (Å²) >= 11 is 1.21. The molecule has 0 radical (unpaired) electrons. The van der Waals surface area contributed by atoms with Crippen LogP contribution in [0.25, 0.3) is 6.08 Å². The molecule has 1 aliphatic rings. The molecule has 0 atom stereocenters. The van der Waals surface area contributed by atoms with Gasteiger partial charge < -0.3 is 19.0 Å². The van der Waals surface area contributed by atoms with Crippen LogP contribution in [0.15, 0.2) is 80.4 Å². The zero-order chi connectivity index (χ0) is 23.9. The van der Waals surface area contributed by atoms with Crippen molar-refractivity contribution in [3.8, 4) is 17.2 Å². The first-order chi connectivity index (χ1) is 16.6. The molecule has 0 aliphatic carbocycles. The SMILES string of the molecule is CCOc1cc(/C=C2\S/C(=N/N=C\c3ccccc3OC)N(Cc3ccco3)C2=O)ccc1O. The first kappa shape index (κ1) is 23.2. The number of aromatic hydroxyl groups is 1. The summed E-state index contributed by atoms with van der Waals surface area (Å²) in [6.45, 7) is 2.47. The molecule has 0 unspecified atom stereocenters. The van der Waals surface area contributed by atoms with Gasteiger partial charge >= 0.3 is 0 Å². The molecule has 2 heterocycles. The number of furan rings is 1. The summed E-state index contributed by atoms with van der Waals surface area (Å²) in [7, 11) is 1.59. The van der Waals surface area contributed by atoms with E-state index in [1.807, 2.05) is 31.2 Å². The quantitative estimate of drug-likeness (QED) is 0.282. The Morgan fingerprint density at radius 1 is 1.15 bits per heavy atom. The highest BCUT2D eigenvalue weighted by Gasteiger charge is 2.34. The highest BCUT2D eigenvalue weighted by atomic mass is 32.2. The molecule has 8 nitrogen and oxygen atoms in total. The van der Waals surface area contributed by atoms with Crippen molar-refractivity contribution in [3.63, 3.8) is 0 Å². The van der Waals surface area contributed by atoms with Crippen LogP contribution in [0.1, 0.15) is 23.8 Å². The van der Waals surface area contributed by atoms with E-state index in [4.69, 9.17) is 13.9 Å². The second-order valence-electron chi connectivity index (χ2n) is 7.11. The monoisotopic (exact) mass is 477 g/mol. The predicted octanol–water partition coefficient (Wildman–Crippen LogP) is 4.90. The van der Waals surface area contributed by atoms with Gasteiger partial charge in [0.05, 0.1) is 37.6 Å². The summed E-state index contributed by atoms with van der Waals surface area (Å²) in [6, 6.07) is 15.9. The number of carbonyl (C=O) groups excluding carboxylic acids is 1. The molecule has 0 spiro atoms. The van der Waals surface area contributed by atoms with Crippen LogP contribution < -0.4 is 9.47 Å². The normalized spacial score (nSPS) is 16.2. The van der Waals surface area contributed by atoms with Gasteiger partial charge in [-0.1, -0.05) is 18.2 Å². The number of hydrogen-bond acceptors (Lipinski definition) is 8. The Kier molecular flexibility index (Phi) is 7.34. The Morgan fingerprint density at radius 3 is 2.76 bits per heavy atom. The van der Waals surface area contributed by atoms with Crippen LogP contribution in [-0.2, 0) is 11.3 Å². The highest BCUT2D eigenvalue weighted by Crippen LogP contribution is 2.35. The van der Waals surface area contributed by atoms with Crippen LogP contribution in [0.4, 0.5) is 0 Å². The maximum Gasteiger partial charge on any atom is 0.267 e. The number of phenols is 1. The van der Waals surface area contributed by atoms with E-state index in [9.17, 15) is 9.90 Å². The zero-order valence-electron chi connectivity index (χ0n) is 18.7. The third-order valence-electron chi connectivity index (χ3n) is 4.84. The fourth-order valence-corrected chi connectivity index (χ4v) is 4.17. The average molecular weight is 478 g/mol. The summed E-state index contributed by atoms with van der Waals surface area (Å²) in [5.41, 5.74) is 1.48. The fourth-order valence-electron chi connectivity index (χ4n) is 3.24. The third-order valence-corrected chi connectivity index (χ3v) is 5.84.